The Morgan fingerprint density at radius 3 is 2.53 bits per heavy atom. The molecule has 0 bridgehead atoms. The number of amides is 2. The van der Waals surface area contributed by atoms with Gasteiger partial charge in [0.15, 0.2) is 5.69 Å². The zero-order chi connectivity index (χ0) is 23.4. The molecule has 0 spiro atoms. The molecular weight excluding hydrogens is 408 g/mol. The third kappa shape index (κ3) is 5.13. The monoisotopic (exact) mass is 444 g/mol. The average molecular weight is 445 g/mol. The first-order valence-electron chi connectivity index (χ1n) is 11.4. The Labute approximate surface area is 189 Å². The van der Waals surface area contributed by atoms with Crippen LogP contribution in [0.25, 0.3) is 10.9 Å². The van der Waals surface area contributed by atoms with Gasteiger partial charge >= 0.3 is 0 Å². The summed E-state index contributed by atoms with van der Waals surface area (Å²) in [6, 6.07) is 7.71. The van der Waals surface area contributed by atoms with Gasteiger partial charge < -0.3 is 20.5 Å². The molecule has 1 aliphatic heterocycles. The summed E-state index contributed by atoms with van der Waals surface area (Å²) in [6.07, 6.45) is 2.42. The number of benzene rings is 1. The second-order valence-corrected chi connectivity index (χ2v) is 9.77. The maximum atomic E-state index is 13.4. The van der Waals surface area contributed by atoms with Crippen LogP contribution in [0.15, 0.2) is 24.3 Å². The summed E-state index contributed by atoms with van der Waals surface area (Å²) in [7, 11) is 0. The Morgan fingerprint density at radius 1 is 1.19 bits per heavy atom. The topological polar surface area (TPSA) is 105 Å². The summed E-state index contributed by atoms with van der Waals surface area (Å²) < 4.78 is 7.38. The van der Waals surface area contributed by atoms with E-state index in [4.69, 9.17) is 9.84 Å². The molecule has 1 aromatic heterocycles. The van der Waals surface area contributed by atoms with Gasteiger partial charge in [-0.3, -0.25) is 14.3 Å². The molecule has 8 nitrogen and oxygen atoms in total. The molecule has 8 heteroatoms. The molecule has 1 fully saturated rings. The van der Waals surface area contributed by atoms with Crippen LogP contribution in [-0.4, -0.2) is 58.6 Å². The lowest BCUT2D eigenvalue weighted by atomic mass is 9.74. The Bertz CT molecular complexity index is 943. The highest BCUT2D eigenvalue weighted by Gasteiger charge is 2.46. The van der Waals surface area contributed by atoms with E-state index in [2.05, 4.69) is 15.7 Å². The highest BCUT2D eigenvalue weighted by Crippen LogP contribution is 2.31. The molecule has 1 aliphatic rings. The first-order chi connectivity index (χ1) is 15.2. The van der Waals surface area contributed by atoms with E-state index in [0.29, 0.717) is 24.6 Å². The van der Waals surface area contributed by atoms with Gasteiger partial charge in [0.1, 0.15) is 5.54 Å². The molecule has 3 N–H and O–H groups in total. The third-order valence-corrected chi connectivity index (χ3v) is 6.58. The number of fused-ring (bicyclic) bond motifs is 1. The Hall–Kier alpha value is -2.45. The van der Waals surface area contributed by atoms with Crippen molar-refractivity contribution in [1.29, 1.82) is 0 Å². The Balaban J connectivity index is 1.88. The minimum Gasteiger partial charge on any atom is -0.396 e. The molecule has 2 heterocycles. The second-order valence-electron chi connectivity index (χ2n) is 9.77. The number of rotatable bonds is 8. The van der Waals surface area contributed by atoms with Crippen LogP contribution in [-0.2, 0) is 16.1 Å². The number of aromatic nitrogens is 2. The predicted octanol–water partition coefficient (Wildman–Crippen LogP) is 2.50. The number of hydrogen-bond donors (Lipinski definition) is 3. The van der Waals surface area contributed by atoms with E-state index in [-0.39, 0.29) is 18.4 Å². The van der Waals surface area contributed by atoms with Crippen molar-refractivity contribution in [2.75, 3.05) is 26.4 Å². The predicted molar refractivity (Wildman–Crippen MR) is 123 cm³/mol. The quantitative estimate of drug-likeness (QED) is 0.543. The van der Waals surface area contributed by atoms with Gasteiger partial charge in [0.2, 0.25) is 5.91 Å². The number of carbonyl (C=O) groups excluding carboxylic acids is 2. The molecule has 1 atom stereocenters. The zero-order valence-corrected chi connectivity index (χ0v) is 19.6. The smallest absolute Gasteiger partial charge is 0.273 e. The SMILES string of the molecule is CC(C)(C)[C@](C)(NC(=O)c1nn(CC2CCOCC2)c2ccccc12)C(=O)NCCCO. The average Bonchev–Trinajstić information content (AvgIpc) is 3.12. The van der Waals surface area contributed by atoms with Crippen molar-refractivity contribution in [2.45, 2.75) is 59.0 Å². The lowest BCUT2D eigenvalue weighted by molar-refractivity contribution is -0.130. The van der Waals surface area contributed by atoms with Crippen LogP contribution in [0.4, 0.5) is 0 Å². The summed E-state index contributed by atoms with van der Waals surface area (Å²) in [4.78, 5) is 26.5. The van der Waals surface area contributed by atoms with Gasteiger partial charge in [-0.2, -0.15) is 5.10 Å². The van der Waals surface area contributed by atoms with Gasteiger partial charge in [-0.25, -0.2) is 0 Å². The van der Waals surface area contributed by atoms with Crippen LogP contribution in [0.2, 0.25) is 0 Å². The molecule has 1 aromatic carbocycles. The molecular formula is C24H36N4O4. The van der Waals surface area contributed by atoms with Crippen molar-refractivity contribution in [1.82, 2.24) is 20.4 Å². The fourth-order valence-corrected chi connectivity index (χ4v) is 3.94. The van der Waals surface area contributed by atoms with Crippen molar-refractivity contribution in [3.05, 3.63) is 30.0 Å². The zero-order valence-electron chi connectivity index (χ0n) is 19.6. The summed E-state index contributed by atoms with van der Waals surface area (Å²) in [5, 5.41) is 20.3. The Kier molecular flexibility index (Phi) is 7.56. The van der Waals surface area contributed by atoms with E-state index in [0.717, 1.165) is 43.5 Å². The van der Waals surface area contributed by atoms with E-state index >= 15 is 0 Å². The molecule has 2 amide bonds. The van der Waals surface area contributed by atoms with Gasteiger partial charge in [-0.15, -0.1) is 0 Å². The lowest BCUT2D eigenvalue weighted by Crippen LogP contribution is -2.64. The number of aliphatic hydroxyl groups excluding tert-OH is 1. The molecule has 0 saturated carbocycles. The number of nitrogens with zero attached hydrogens (tertiary/aromatic N) is 2. The van der Waals surface area contributed by atoms with Crippen LogP contribution < -0.4 is 10.6 Å². The van der Waals surface area contributed by atoms with Crippen LogP contribution in [0.5, 0.6) is 0 Å². The van der Waals surface area contributed by atoms with Crippen LogP contribution in [0.1, 0.15) is 57.4 Å². The van der Waals surface area contributed by atoms with Crippen LogP contribution in [0, 0.1) is 11.3 Å². The largest absolute Gasteiger partial charge is 0.396 e. The highest BCUT2D eigenvalue weighted by molar-refractivity contribution is 6.07. The molecule has 176 valence electrons. The molecule has 2 aromatic rings. The highest BCUT2D eigenvalue weighted by atomic mass is 16.5. The Morgan fingerprint density at radius 2 is 1.88 bits per heavy atom. The molecule has 1 saturated heterocycles. The van der Waals surface area contributed by atoms with E-state index in [9.17, 15) is 9.59 Å². The fraction of sp³-hybridized carbons (Fsp3) is 0.625. The minimum absolute atomic E-state index is 0.00455. The number of aliphatic hydroxyl groups is 1. The van der Waals surface area contributed by atoms with Crippen molar-refractivity contribution in [3.63, 3.8) is 0 Å². The van der Waals surface area contributed by atoms with E-state index in [1.807, 2.05) is 49.7 Å². The molecule has 0 unspecified atom stereocenters. The summed E-state index contributed by atoms with van der Waals surface area (Å²) in [5.74, 6) is -0.195. The summed E-state index contributed by atoms with van der Waals surface area (Å²) in [6.45, 7) is 10.1. The first-order valence-corrected chi connectivity index (χ1v) is 11.4. The van der Waals surface area contributed by atoms with Gasteiger partial charge in [0.05, 0.1) is 5.52 Å². The molecule has 32 heavy (non-hydrogen) atoms. The molecule has 0 aliphatic carbocycles. The fourth-order valence-electron chi connectivity index (χ4n) is 3.94. The number of hydrogen-bond acceptors (Lipinski definition) is 5. The first kappa shape index (κ1) is 24.2. The van der Waals surface area contributed by atoms with Gasteiger partial charge in [-0.05, 0) is 43.6 Å². The second kappa shape index (κ2) is 10.0. The van der Waals surface area contributed by atoms with E-state index in [1.165, 1.54) is 0 Å². The standard InChI is InChI=1S/C24H36N4O4/c1-23(2,3)24(4,22(31)25-12-7-13-29)26-21(30)20-18-8-5-6-9-19(18)28(27-20)16-17-10-14-32-15-11-17/h5-6,8-9,17,29H,7,10-16H2,1-4H3,(H,25,31)(H,26,30)/t24-/m1/s1. The third-order valence-electron chi connectivity index (χ3n) is 6.58. The summed E-state index contributed by atoms with van der Waals surface area (Å²) >= 11 is 0. The van der Waals surface area contributed by atoms with E-state index < -0.39 is 11.0 Å². The van der Waals surface area contributed by atoms with Crippen LogP contribution >= 0.6 is 0 Å². The maximum absolute atomic E-state index is 13.4. The number of para-hydroxylation sites is 1. The van der Waals surface area contributed by atoms with Gasteiger partial charge in [0, 0.05) is 38.3 Å². The number of ether oxygens (including phenoxy) is 1. The van der Waals surface area contributed by atoms with Crippen LogP contribution in [0.3, 0.4) is 0 Å². The lowest BCUT2D eigenvalue weighted by Gasteiger charge is -2.40. The normalized spacial score (nSPS) is 17.2. The molecule has 0 radical (unpaired) electrons. The van der Waals surface area contributed by atoms with Gasteiger partial charge in [-0.1, -0.05) is 39.0 Å². The number of nitrogens with one attached hydrogen (secondary N) is 2. The van der Waals surface area contributed by atoms with Crippen molar-refractivity contribution in [3.8, 4) is 0 Å². The minimum atomic E-state index is -1.16. The number of carbonyl (C=O) groups is 2. The summed E-state index contributed by atoms with van der Waals surface area (Å²) in [5.41, 5.74) is -0.474. The van der Waals surface area contributed by atoms with Crippen molar-refractivity contribution < 1.29 is 19.4 Å². The van der Waals surface area contributed by atoms with Crippen molar-refractivity contribution >= 4 is 22.7 Å². The maximum Gasteiger partial charge on any atom is 0.273 e. The van der Waals surface area contributed by atoms with Crippen molar-refractivity contribution in [2.24, 2.45) is 11.3 Å². The molecule has 3 rings (SSSR count). The van der Waals surface area contributed by atoms with Gasteiger partial charge in [0.25, 0.3) is 5.91 Å². The van der Waals surface area contributed by atoms with E-state index in [1.54, 1.807) is 6.92 Å².